The van der Waals surface area contributed by atoms with E-state index in [9.17, 15) is 4.39 Å². The van der Waals surface area contributed by atoms with E-state index in [2.05, 4.69) is 0 Å². The Morgan fingerprint density at radius 1 is 1.27 bits per heavy atom. The third-order valence-electron chi connectivity index (χ3n) is 4.32. The van der Waals surface area contributed by atoms with E-state index >= 15 is 0 Å². The third kappa shape index (κ3) is 3.19. The van der Waals surface area contributed by atoms with Crippen molar-refractivity contribution >= 4 is 13.2 Å². The summed E-state index contributed by atoms with van der Waals surface area (Å²) in [6.45, 7) is 8.15. The minimum absolute atomic E-state index is 0.247. The van der Waals surface area contributed by atoms with Gasteiger partial charge in [0, 0.05) is 12.1 Å². The fraction of sp³-hybridized carbons (Fsp3) is 0.500. The molecule has 2 N–H and O–H groups in total. The highest BCUT2D eigenvalue weighted by Gasteiger charge is 2.52. The Hall–Kier alpha value is -1.37. The first-order valence-electron chi connectivity index (χ1n) is 7.30. The zero-order valence-electron chi connectivity index (χ0n) is 13.8. The standard InChI is InChI=1S/C16H23BFNO3/c1-15(2)16(3,4)22-17(21-15)12(10-19)8-11-9-13(18)6-7-14(11)20-5/h6-9H,10,19H2,1-5H3. The van der Waals surface area contributed by atoms with Gasteiger partial charge < -0.3 is 19.8 Å². The highest BCUT2D eigenvalue weighted by molar-refractivity contribution is 6.55. The molecule has 1 saturated heterocycles. The van der Waals surface area contributed by atoms with Crippen LogP contribution < -0.4 is 10.5 Å². The van der Waals surface area contributed by atoms with Crippen molar-refractivity contribution in [3.05, 3.63) is 35.1 Å². The van der Waals surface area contributed by atoms with Gasteiger partial charge in [-0.05, 0) is 51.4 Å². The summed E-state index contributed by atoms with van der Waals surface area (Å²) in [5, 5.41) is 0. The fourth-order valence-corrected chi connectivity index (χ4v) is 2.24. The summed E-state index contributed by atoms with van der Waals surface area (Å²) in [6, 6.07) is 4.34. The monoisotopic (exact) mass is 307 g/mol. The summed E-state index contributed by atoms with van der Waals surface area (Å²) < 4.78 is 30.7. The normalized spacial score (nSPS) is 20.3. The highest BCUT2D eigenvalue weighted by atomic mass is 19.1. The molecular formula is C16H23BFNO3. The zero-order valence-corrected chi connectivity index (χ0v) is 13.8. The lowest BCUT2D eigenvalue weighted by Gasteiger charge is -2.32. The van der Waals surface area contributed by atoms with Crippen LogP contribution in [0.1, 0.15) is 33.3 Å². The zero-order chi connectivity index (χ0) is 16.5. The van der Waals surface area contributed by atoms with Gasteiger partial charge >= 0.3 is 7.12 Å². The topological polar surface area (TPSA) is 53.7 Å². The maximum Gasteiger partial charge on any atom is 0.491 e. The molecule has 0 aliphatic carbocycles. The molecule has 0 spiro atoms. The molecule has 0 amide bonds. The molecule has 0 bridgehead atoms. The van der Waals surface area contributed by atoms with E-state index in [1.807, 2.05) is 27.7 Å². The van der Waals surface area contributed by atoms with E-state index in [1.165, 1.54) is 12.1 Å². The highest BCUT2D eigenvalue weighted by Crippen LogP contribution is 2.39. The average molecular weight is 307 g/mol. The van der Waals surface area contributed by atoms with Crippen LogP contribution in [0.2, 0.25) is 0 Å². The van der Waals surface area contributed by atoms with Gasteiger partial charge in [0.15, 0.2) is 0 Å². The van der Waals surface area contributed by atoms with Crippen molar-refractivity contribution < 1.29 is 18.4 Å². The predicted molar refractivity (Wildman–Crippen MR) is 86.1 cm³/mol. The summed E-state index contributed by atoms with van der Waals surface area (Å²) in [4.78, 5) is 0. The number of ether oxygens (including phenoxy) is 1. The number of rotatable bonds is 4. The molecule has 4 nitrogen and oxygen atoms in total. The molecule has 1 aliphatic rings. The molecule has 0 radical (unpaired) electrons. The first-order valence-corrected chi connectivity index (χ1v) is 7.30. The first kappa shape index (κ1) is 17.0. The van der Waals surface area contributed by atoms with Crippen LogP contribution in [0.5, 0.6) is 5.75 Å². The van der Waals surface area contributed by atoms with Crippen molar-refractivity contribution in [2.75, 3.05) is 13.7 Å². The van der Waals surface area contributed by atoms with E-state index < -0.39 is 18.3 Å². The molecule has 0 saturated carbocycles. The first-order chi connectivity index (χ1) is 10.2. The van der Waals surface area contributed by atoms with Crippen LogP contribution in [0.15, 0.2) is 23.7 Å². The summed E-state index contributed by atoms with van der Waals surface area (Å²) in [7, 11) is 0.990. The second kappa shape index (κ2) is 6.03. The van der Waals surface area contributed by atoms with Crippen LogP contribution in [0.25, 0.3) is 6.08 Å². The van der Waals surface area contributed by atoms with Crippen LogP contribution in [-0.2, 0) is 9.31 Å². The number of nitrogens with two attached hydrogens (primary N) is 1. The van der Waals surface area contributed by atoms with E-state index in [0.717, 1.165) is 5.47 Å². The van der Waals surface area contributed by atoms with Gasteiger partial charge in [0.1, 0.15) is 11.6 Å². The molecule has 0 atom stereocenters. The third-order valence-corrected chi connectivity index (χ3v) is 4.32. The van der Waals surface area contributed by atoms with Gasteiger partial charge in [-0.1, -0.05) is 6.08 Å². The quantitative estimate of drug-likeness (QED) is 0.869. The lowest BCUT2D eigenvalue weighted by Crippen LogP contribution is -2.41. The molecule has 2 rings (SSSR count). The van der Waals surface area contributed by atoms with Gasteiger partial charge in [0.05, 0.1) is 18.3 Å². The molecule has 1 aliphatic heterocycles. The maximum atomic E-state index is 13.5. The van der Waals surface area contributed by atoms with E-state index in [0.29, 0.717) is 11.3 Å². The van der Waals surface area contributed by atoms with Crippen molar-refractivity contribution in [1.82, 2.24) is 0 Å². The number of benzene rings is 1. The Labute approximate surface area is 131 Å². The number of hydrogen-bond acceptors (Lipinski definition) is 4. The molecule has 22 heavy (non-hydrogen) atoms. The number of halogens is 1. The van der Waals surface area contributed by atoms with Crippen LogP contribution in [-0.4, -0.2) is 32.0 Å². The largest absolute Gasteiger partial charge is 0.496 e. The van der Waals surface area contributed by atoms with Crippen LogP contribution >= 0.6 is 0 Å². The van der Waals surface area contributed by atoms with Crippen LogP contribution in [0, 0.1) is 5.82 Å². The van der Waals surface area contributed by atoms with Gasteiger partial charge in [0.25, 0.3) is 0 Å². The molecule has 1 fully saturated rings. The molecule has 0 unspecified atom stereocenters. The molecule has 6 heteroatoms. The SMILES string of the molecule is COc1ccc(F)cc1C=C(CN)B1OC(C)(C)C(C)(C)O1. The Balaban J connectivity index is 2.35. The van der Waals surface area contributed by atoms with Crippen molar-refractivity contribution in [2.24, 2.45) is 5.73 Å². The fourth-order valence-electron chi connectivity index (χ4n) is 2.24. The Morgan fingerprint density at radius 2 is 1.86 bits per heavy atom. The second-order valence-electron chi connectivity index (χ2n) is 6.40. The summed E-state index contributed by atoms with van der Waals surface area (Å²) >= 11 is 0. The van der Waals surface area contributed by atoms with Gasteiger partial charge in [-0.2, -0.15) is 0 Å². The number of methoxy groups -OCH3 is 1. The van der Waals surface area contributed by atoms with Gasteiger partial charge in [-0.15, -0.1) is 0 Å². The van der Waals surface area contributed by atoms with Crippen molar-refractivity contribution in [2.45, 2.75) is 38.9 Å². The minimum Gasteiger partial charge on any atom is -0.496 e. The minimum atomic E-state index is -0.553. The lowest BCUT2D eigenvalue weighted by molar-refractivity contribution is 0.00578. The maximum absolute atomic E-state index is 13.5. The smallest absolute Gasteiger partial charge is 0.491 e. The van der Waals surface area contributed by atoms with Gasteiger partial charge in [0.2, 0.25) is 0 Å². The van der Waals surface area contributed by atoms with E-state index in [1.54, 1.807) is 19.3 Å². The molecule has 0 aromatic heterocycles. The molecule has 120 valence electrons. The van der Waals surface area contributed by atoms with E-state index in [4.69, 9.17) is 19.8 Å². The lowest BCUT2D eigenvalue weighted by atomic mass is 9.77. The van der Waals surface area contributed by atoms with Crippen molar-refractivity contribution in [1.29, 1.82) is 0 Å². The van der Waals surface area contributed by atoms with Crippen molar-refractivity contribution in [3.63, 3.8) is 0 Å². The Kier molecular flexibility index (Phi) is 4.66. The summed E-state index contributed by atoms with van der Waals surface area (Å²) in [5.41, 5.74) is 6.30. The average Bonchev–Trinajstić information content (AvgIpc) is 2.64. The van der Waals surface area contributed by atoms with Gasteiger partial charge in [-0.3, -0.25) is 0 Å². The molecule has 1 aromatic rings. The Morgan fingerprint density at radius 3 is 2.36 bits per heavy atom. The molecular weight excluding hydrogens is 284 g/mol. The van der Waals surface area contributed by atoms with Crippen LogP contribution in [0.3, 0.4) is 0 Å². The second-order valence-corrected chi connectivity index (χ2v) is 6.40. The number of hydrogen-bond donors (Lipinski definition) is 1. The van der Waals surface area contributed by atoms with Crippen LogP contribution in [0.4, 0.5) is 4.39 Å². The predicted octanol–water partition coefficient (Wildman–Crippen LogP) is 2.81. The molecule has 1 aromatic carbocycles. The Bertz CT molecular complexity index is 571. The molecule has 1 heterocycles. The van der Waals surface area contributed by atoms with E-state index in [-0.39, 0.29) is 12.4 Å². The van der Waals surface area contributed by atoms with Gasteiger partial charge in [-0.25, -0.2) is 4.39 Å². The van der Waals surface area contributed by atoms with Crippen molar-refractivity contribution in [3.8, 4) is 5.75 Å². The summed E-state index contributed by atoms with van der Waals surface area (Å²) in [5.74, 6) is 0.237. The summed E-state index contributed by atoms with van der Waals surface area (Å²) in [6.07, 6.45) is 1.77.